The Morgan fingerprint density at radius 1 is 1.17 bits per heavy atom. The normalized spacial score (nSPS) is 15.6. The zero-order chi connectivity index (χ0) is 17.1. The smallest absolute Gasteiger partial charge is 0.387 e. The van der Waals surface area contributed by atoms with E-state index >= 15 is 0 Å². The van der Waals surface area contributed by atoms with Crippen molar-refractivity contribution in [1.29, 1.82) is 0 Å². The Morgan fingerprint density at radius 3 is 2.71 bits per heavy atom. The van der Waals surface area contributed by atoms with Crippen LogP contribution in [-0.4, -0.2) is 18.5 Å². The van der Waals surface area contributed by atoms with E-state index in [2.05, 4.69) is 9.73 Å². The number of esters is 1. The summed E-state index contributed by atoms with van der Waals surface area (Å²) >= 11 is 0. The second kappa shape index (κ2) is 6.62. The number of hydrogen-bond acceptors (Lipinski definition) is 4. The van der Waals surface area contributed by atoms with Gasteiger partial charge in [0.05, 0.1) is 5.56 Å². The number of benzene rings is 2. The molecule has 0 saturated carbocycles. The second-order valence-corrected chi connectivity index (χ2v) is 5.12. The van der Waals surface area contributed by atoms with Crippen LogP contribution in [0.1, 0.15) is 16.7 Å². The summed E-state index contributed by atoms with van der Waals surface area (Å²) in [6.07, 6.45) is 1.58. The number of hydrogen-bond donors (Lipinski definition) is 0. The number of para-hydroxylation sites is 1. The van der Waals surface area contributed by atoms with Gasteiger partial charge in [0.2, 0.25) is 5.90 Å². The number of nitrogens with zero attached hydrogens (tertiary/aromatic N) is 1. The molecule has 0 spiro atoms. The lowest BCUT2D eigenvalue weighted by molar-refractivity contribution is -0.129. The van der Waals surface area contributed by atoms with Crippen molar-refractivity contribution >= 4 is 17.9 Å². The number of aliphatic imine (C=N–C) groups is 1. The average Bonchev–Trinajstić information content (AvgIpc) is 2.88. The molecule has 3 rings (SSSR count). The summed E-state index contributed by atoms with van der Waals surface area (Å²) in [5, 5.41) is 0. The van der Waals surface area contributed by atoms with E-state index < -0.39 is 12.6 Å². The maximum atomic E-state index is 12.5. The lowest BCUT2D eigenvalue weighted by Crippen LogP contribution is -2.10. The van der Waals surface area contributed by atoms with Crippen LogP contribution in [0, 0.1) is 6.92 Å². The van der Waals surface area contributed by atoms with Crippen LogP contribution < -0.4 is 4.74 Å². The number of aryl methyl sites for hydroxylation is 1. The molecule has 1 aliphatic rings. The molecule has 2 aromatic rings. The molecule has 0 unspecified atom stereocenters. The van der Waals surface area contributed by atoms with E-state index in [1.54, 1.807) is 18.2 Å². The number of carbonyl (C=O) groups is 1. The minimum absolute atomic E-state index is 0.0600. The summed E-state index contributed by atoms with van der Waals surface area (Å²) in [5.41, 5.74) is 2.13. The number of halogens is 2. The van der Waals surface area contributed by atoms with E-state index in [1.165, 1.54) is 12.1 Å². The first-order chi connectivity index (χ1) is 11.5. The third-order valence-electron chi connectivity index (χ3n) is 3.30. The minimum Gasteiger partial charge on any atom is -0.434 e. The molecule has 0 atom stereocenters. The fourth-order valence-electron chi connectivity index (χ4n) is 2.28. The highest BCUT2D eigenvalue weighted by Gasteiger charge is 2.26. The molecule has 2 aromatic carbocycles. The van der Waals surface area contributed by atoms with Crippen LogP contribution in [-0.2, 0) is 9.53 Å². The Kier molecular flexibility index (Phi) is 4.37. The summed E-state index contributed by atoms with van der Waals surface area (Å²) in [6.45, 7) is -1.05. The van der Waals surface area contributed by atoms with Gasteiger partial charge in [-0.2, -0.15) is 8.78 Å². The van der Waals surface area contributed by atoms with Crippen molar-refractivity contribution in [3.63, 3.8) is 0 Å². The third-order valence-corrected chi connectivity index (χ3v) is 3.30. The molecule has 6 heteroatoms. The Morgan fingerprint density at radius 2 is 1.96 bits per heavy atom. The summed E-state index contributed by atoms with van der Waals surface area (Å²) in [7, 11) is 0. The van der Waals surface area contributed by atoms with Crippen molar-refractivity contribution in [2.24, 2.45) is 4.99 Å². The fraction of sp³-hybridized carbons (Fsp3) is 0.111. The van der Waals surface area contributed by atoms with Crippen LogP contribution >= 0.6 is 0 Å². The lowest BCUT2D eigenvalue weighted by Gasteiger charge is -2.08. The minimum atomic E-state index is -2.98. The van der Waals surface area contributed by atoms with Gasteiger partial charge in [0, 0.05) is 0 Å². The standard InChI is InChI=1S/C18H13F2NO3/c1-11-5-4-6-12(9-11)10-14-17(22)24-16(21-14)13-7-2-3-8-15(13)23-18(19)20/h2-10,18H,1H3/b14-10-. The first kappa shape index (κ1) is 15.9. The van der Waals surface area contributed by atoms with Gasteiger partial charge < -0.3 is 9.47 Å². The zero-order valence-electron chi connectivity index (χ0n) is 12.7. The molecule has 0 aliphatic carbocycles. The van der Waals surface area contributed by atoms with Gasteiger partial charge in [0.15, 0.2) is 5.70 Å². The third kappa shape index (κ3) is 3.48. The van der Waals surface area contributed by atoms with E-state index in [0.717, 1.165) is 11.1 Å². The topological polar surface area (TPSA) is 47.9 Å². The molecule has 0 fully saturated rings. The van der Waals surface area contributed by atoms with Crippen LogP contribution in [0.25, 0.3) is 6.08 Å². The molecule has 24 heavy (non-hydrogen) atoms. The summed E-state index contributed by atoms with van der Waals surface area (Å²) in [5.74, 6) is -0.802. The molecule has 122 valence electrons. The SMILES string of the molecule is Cc1cccc(/C=C2\N=C(c3ccccc3OC(F)F)OC2=O)c1. The van der Waals surface area contributed by atoms with Crippen molar-refractivity contribution < 1.29 is 23.0 Å². The molecule has 0 N–H and O–H groups in total. The first-order valence-electron chi connectivity index (χ1n) is 7.16. The van der Waals surface area contributed by atoms with Gasteiger partial charge in [-0.25, -0.2) is 9.79 Å². The van der Waals surface area contributed by atoms with Gasteiger partial charge in [-0.3, -0.25) is 0 Å². The molecule has 1 heterocycles. The van der Waals surface area contributed by atoms with E-state index in [-0.39, 0.29) is 22.9 Å². The lowest BCUT2D eigenvalue weighted by atomic mass is 10.1. The van der Waals surface area contributed by atoms with E-state index in [4.69, 9.17) is 4.74 Å². The molecule has 0 amide bonds. The van der Waals surface area contributed by atoms with Gasteiger partial charge in [0.25, 0.3) is 0 Å². The molecule has 0 saturated heterocycles. The Balaban J connectivity index is 1.95. The highest BCUT2D eigenvalue weighted by molar-refractivity contribution is 6.13. The Labute approximate surface area is 137 Å². The second-order valence-electron chi connectivity index (χ2n) is 5.12. The number of carbonyl (C=O) groups excluding carboxylic acids is 1. The molecule has 1 aliphatic heterocycles. The van der Waals surface area contributed by atoms with Crippen LogP contribution in [0.15, 0.2) is 59.2 Å². The van der Waals surface area contributed by atoms with Crippen molar-refractivity contribution in [3.05, 3.63) is 70.9 Å². The van der Waals surface area contributed by atoms with Crippen LogP contribution in [0.4, 0.5) is 8.78 Å². The van der Waals surface area contributed by atoms with Gasteiger partial charge >= 0.3 is 12.6 Å². The van der Waals surface area contributed by atoms with E-state index in [1.807, 2.05) is 31.2 Å². The van der Waals surface area contributed by atoms with Crippen LogP contribution in [0.3, 0.4) is 0 Å². The molecular weight excluding hydrogens is 316 g/mol. The first-order valence-corrected chi connectivity index (χ1v) is 7.16. The summed E-state index contributed by atoms with van der Waals surface area (Å²) in [6, 6.07) is 13.5. The monoisotopic (exact) mass is 329 g/mol. The van der Waals surface area contributed by atoms with E-state index in [9.17, 15) is 13.6 Å². The maximum Gasteiger partial charge on any atom is 0.387 e. The molecule has 0 aromatic heterocycles. The number of alkyl halides is 2. The quantitative estimate of drug-likeness (QED) is 0.630. The van der Waals surface area contributed by atoms with Crippen LogP contribution in [0.5, 0.6) is 5.75 Å². The number of rotatable bonds is 4. The average molecular weight is 329 g/mol. The van der Waals surface area contributed by atoms with E-state index in [0.29, 0.717) is 0 Å². The number of ether oxygens (including phenoxy) is 2. The van der Waals surface area contributed by atoms with Crippen molar-refractivity contribution in [2.45, 2.75) is 13.5 Å². The van der Waals surface area contributed by atoms with Gasteiger partial charge in [-0.1, -0.05) is 42.0 Å². The summed E-state index contributed by atoms with van der Waals surface area (Å²) < 4.78 is 34.5. The zero-order valence-corrected chi connectivity index (χ0v) is 12.7. The summed E-state index contributed by atoms with van der Waals surface area (Å²) in [4.78, 5) is 16.1. The predicted octanol–water partition coefficient (Wildman–Crippen LogP) is 3.94. The van der Waals surface area contributed by atoms with Crippen molar-refractivity contribution in [3.8, 4) is 5.75 Å². The van der Waals surface area contributed by atoms with Gasteiger partial charge in [0.1, 0.15) is 5.75 Å². The largest absolute Gasteiger partial charge is 0.434 e. The molecule has 0 radical (unpaired) electrons. The number of cyclic esters (lactones) is 1. The van der Waals surface area contributed by atoms with Gasteiger partial charge in [-0.05, 0) is 30.7 Å². The van der Waals surface area contributed by atoms with Crippen molar-refractivity contribution in [2.75, 3.05) is 0 Å². The highest BCUT2D eigenvalue weighted by atomic mass is 19.3. The van der Waals surface area contributed by atoms with Crippen molar-refractivity contribution in [1.82, 2.24) is 0 Å². The Hall–Kier alpha value is -3.02. The highest BCUT2D eigenvalue weighted by Crippen LogP contribution is 2.26. The van der Waals surface area contributed by atoms with Gasteiger partial charge in [-0.15, -0.1) is 0 Å². The molecular formula is C18H13F2NO3. The predicted molar refractivity (Wildman–Crippen MR) is 84.9 cm³/mol. The van der Waals surface area contributed by atoms with Crippen LogP contribution in [0.2, 0.25) is 0 Å². The fourth-order valence-corrected chi connectivity index (χ4v) is 2.28. The molecule has 0 bridgehead atoms. The molecule has 4 nitrogen and oxygen atoms in total. The maximum absolute atomic E-state index is 12.5. The Bertz CT molecular complexity index is 844.